The van der Waals surface area contributed by atoms with Crippen LogP contribution in [0.1, 0.15) is 177 Å². The Bertz CT molecular complexity index is 343. The average Bonchev–Trinajstić information content (AvgIpc) is 2.72. The van der Waals surface area contributed by atoms with Crippen LogP contribution in [0.5, 0.6) is 0 Å². The molecular weight excluding hydrogens is 374 g/mol. The van der Waals surface area contributed by atoms with Crippen molar-refractivity contribution >= 4 is 0 Å². The number of rotatable bonds is 23. The number of unbranched alkanes of at least 4 members (excludes halogenated alkanes) is 15. The number of hydrogen-bond donors (Lipinski definition) is 0. The maximum Gasteiger partial charge on any atom is 0.0158 e. The van der Waals surface area contributed by atoms with Crippen LogP contribution in [-0.4, -0.2) is 22.5 Å². The third-order valence-corrected chi connectivity index (χ3v) is 7.48. The lowest BCUT2D eigenvalue weighted by Gasteiger charge is -2.49. The standard InChI is InChI=1S/C30H63N/c1-8-11-14-17-20-23-26-29(4,5)31(28-25-22-19-16-13-10-3)30(6,7)27-24-21-18-15-12-9-2/h8-28H2,1-7H3. The summed E-state index contributed by atoms with van der Waals surface area (Å²) in [5.41, 5.74) is 0.639. The fourth-order valence-corrected chi connectivity index (χ4v) is 5.42. The Balaban J connectivity index is 4.70. The van der Waals surface area contributed by atoms with Gasteiger partial charge in [-0.2, -0.15) is 0 Å². The second kappa shape index (κ2) is 19.4. The van der Waals surface area contributed by atoms with E-state index in [4.69, 9.17) is 0 Å². The molecule has 0 aromatic carbocycles. The molecule has 31 heavy (non-hydrogen) atoms. The number of nitrogens with zero attached hydrogens (tertiary/aromatic N) is 1. The minimum absolute atomic E-state index is 0.319. The Morgan fingerprint density at radius 1 is 0.387 bits per heavy atom. The maximum absolute atomic E-state index is 2.93. The van der Waals surface area contributed by atoms with Crippen molar-refractivity contribution in [2.75, 3.05) is 6.54 Å². The van der Waals surface area contributed by atoms with Crippen LogP contribution in [0, 0.1) is 0 Å². The first-order chi connectivity index (χ1) is 14.8. The summed E-state index contributed by atoms with van der Waals surface area (Å²) in [6, 6.07) is 0. The van der Waals surface area contributed by atoms with Crippen molar-refractivity contribution in [3.63, 3.8) is 0 Å². The van der Waals surface area contributed by atoms with Crippen LogP contribution >= 0.6 is 0 Å². The van der Waals surface area contributed by atoms with Crippen molar-refractivity contribution in [1.82, 2.24) is 4.90 Å². The molecule has 0 fully saturated rings. The van der Waals surface area contributed by atoms with Crippen molar-refractivity contribution in [3.8, 4) is 0 Å². The van der Waals surface area contributed by atoms with Gasteiger partial charge in [0.2, 0.25) is 0 Å². The predicted octanol–water partition coefficient (Wildman–Crippen LogP) is 10.7. The van der Waals surface area contributed by atoms with Gasteiger partial charge in [0, 0.05) is 11.1 Å². The molecule has 0 bridgehead atoms. The molecule has 0 heterocycles. The zero-order valence-corrected chi connectivity index (χ0v) is 23.3. The van der Waals surface area contributed by atoms with Crippen LogP contribution in [0.4, 0.5) is 0 Å². The van der Waals surface area contributed by atoms with E-state index in [1.807, 2.05) is 0 Å². The lowest BCUT2D eigenvalue weighted by atomic mass is 9.85. The molecule has 188 valence electrons. The summed E-state index contributed by atoms with van der Waals surface area (Å²) in [6.07, 6.45) is 28.0. The molecule has 0 spiro atoms. The van der Waals surface area contributed by atoms with Gasteiger partial charge in [0.25, 0.3) is 0 Å². The highest BCUT2D eigenvalue weighted by atomic mass is 15.2. The van der Waals surface area contributed by atoms with Gasteiger partial charge in [-0.3, -0.25) is 4.90 Å². The van der Waals surface area contributed by atoms with E-state index in [1.54, 1.807) is 0 Å². The second-order valence-corrected chi connectivity index (χ2v) is 11.6. The minimum atomic E-state index is 0.319. The zero-order valence-electron chi connectivity index (χ0n) is 23.3. The van der Waals surface area contributed by atoms with E-state index in [9.17, 15) is 0 Å². The predicted molar refractivity (Wildman–Crippen MR) is 144 cm³/mol. The molecule has 0 atom stereocenters. The van der Waals surface area contributed by atoms with E-state index in [-0.39, 0.29) is 0 Å². The molecule has 0 aromatic heterocycles. The summed E-state index contributed by atoms with van der Waals surface area (Å²) in [7, 11) is 0. The summed E-state index contributed by atoms with van der Waals surface area (Å²) in [4.78, 5) is 2.93. The lowest BCUT2D eigenvalue weighted by Crippen LogP contribution is -2.55. The van der Waals surface area contributed by atoms with Gasteiger partial charge in [0.05, 0.1) is 0 Å². The molecule has 0 aliphatic heterocycles. The molecule has 0 unspecified atom stereocenters. The van der Waals surface area contributed by atoms with Crippen LogP contribution in [-0.2, 0) is 0 Å². The highest BCUT2D eigenvalue weighted by Gasteiger charge is 2.36. The molecule has 0 N–H and O–H groups in total. The van der Waals surface area contributed by atoms with E-state index in [2.05, 4.69) is 53.4 Å². The molecule has 0 amide bonds. The third-order valence-electron chi connectivity index (χ3n) is 7.48. The van der Waals surface area contributed by atoms with E-state index in [1.165, 1.54) is 135 Å². The molecule has 0 aliphatic carbocycles. The van der Waals surface area contributed by atoms with Crippen LogP contribution in [0.25, 0.3) is 0 Å². The summed E-state index contributed by atoms with van der Waals surface area (Å²) in [6.45, 7) is 18.4. The first-order valence-electron chi connectivity index (χ1n) is 14.6. The molecule has 1 heteroatoms. The van der Waals surface area contributed by atoms with Crippen molar-refractivity contribution in [1.29, 1.82) is 0 Å². The quantitative estimate of drug-likeness (QED) is 0.144. The molecule has 0 aliphatic rings. The highest BCUT2D eigenvalue weighted by Crippen LogP contribution is 2.34. The Kier molecular flexibility index (Phi) is 19.4. The molecule has 0 aromatic rings. The highest BCUT2D eigenvalue weighted by molar-refractivity contribution is 4.92. The van der Waals surface area contributed by atoms with Gasteiger partial charge in [-0.15, -0.1) is 0 Å². The summed E-state index contributed by atoms with van der Waals surface area (Å²) in [5, 5.41) is 0. The Morgan fingerprint density at radius 2 is 0.677 bits per heavy atom. The molecular formula is C30H63N. The molecule has 0 radical (unpaired) electrons. The average molecular weight is 438 g/mol. The Labute approximate surface area is 199 Å². The molecule has 1 nitrogen and oxygen atoms in total. The van der Waals surface area contributed by atoms with Gasteiger partial charge in [-0.1, -0.05) is 130 Å². The molecule has 0 saturated heterocycles. The second-order valence-electron chi connectivity index (χ2n) is 11.6. The minimum Gasteiger partial charge on any atom is -0.293 e. The van der Waals surface area contributed by atoms with Crippen LogP contribution in [0.15, 0.2) is 0 Å². The Hall–Kier alpha value is -0.0400. The monoisotopic (exact) mass is 437 g/mol. The van der Waals surface area contributed by atoms with Crippen molar-refractivity contribution in [2.24, 2.45) is 0 Å². The largest absolute Gasteiger partial charge is 0.293 e. The lowest BCUT2D eigenvalue weighted by molar-refractivity contribution is 0.00151. The maximum atomic E-state index is 2.93. The van der Waals surface area contributed by atoms with Crippen LogP contribution in [0.3, 0.4) is 0 Å². The number of hydrogen-bond acceptors (Lipinski definition) is 1. The summed E-state index contributed by atoms with van der Waals surface area (Å²) in [5.74, 6) is 0. The molecule has 0 rings (SSSR count). The third kappa shape index (κ3) is 16.3. The normalized spacial score (nSPS) is 12.8. The van der Waals surface area contributed by atoms with Gasteiger partial charge in [-0.25, -0.2) is 0 Å². The Morgan fingerprint density at radius 3 is 1.03 bits per heavy atom. The van der Waals surface area contributed by atoms with Crippen molar-refractivity contribution in [2.45, 2.75) is 188 Å². The van der Waals surface area contributed by atoms with Crippen LogP contribution in [0.2, 0.25) is 0 Å². The first-order valence-corrected chi connectivity index (χ1v) is 14.6. The fraction of sp³-hybridized carbons (Fsp3) is 1.00. The van der Waals surface area contributed by atoms with Gasteiger partial charge in [0.1, 0.15) is 0 Å². The van der Waals surface area contributed by atoms with E-state index >= 15 is 0 Å². The SMILES string of the molecule is CCCCCCCCN(C(C)(C)CCCCCCCC)C(C)(C)CCCCCCCC. The fourth-order valence-electron chi connectivity index (χ4n) is 5.42. The summed E-state index contributed by atoms with van der Waals surface area (Å²) >= 11 is 0. The van der Waals surface area contributed by atoms with Gasteiger partial charge in [0.15, 0.2) is 0 Å². The van der Waals surface area contributed by atoms with Gasteiger partial charge in [-0.05, 0) is 53.5 Å². The first kappa shape index (κ1) is 31.0. The topological polar surface area (TPSA) is 3.24 Å². The van der Waals surface area contributed by atoms with E-state index in [0.29, 0.717) is 11.1 Å². The van der Waals surface area contributed by atoms with E-state index in [0.717, 1.165) is 0 Å². The van der Waals surface area contributed by atoms with Crippen molar-refractivity contribution < 1.29 is 0 Å². The van der Waals surface area contributed by atoms with Gasteiger partial charge >= 0.3 is 0 Å². The van der Waals surface area contributed by atoms with E-state index < -0.39 is 0 Å². The van der Waals surface area contributed by atoms with Gasteiger partial charge < -0.3 is 0 Å². The zero-order chi connectivity index (χ0) is 23.4. The van der Waals surface area contributed by atoms with Crippen LogP contribution < -0.4 is 0 Å². The summed E-state index contributed by atoms with van der Waals surface area (Å²) < 4.78 is 0. The molecule has 0 saturated carbocycles. The van der Waals surface area contributed by atoms with Crippen molar-refractivity contribution in [3.05, 3.63) is 0 Å². The smallest absolute Gasteiger partial charge is 0.0158 e.